The number of anilines is 3. The van der Waals surface area contributed by atoms with Gasteiger partial charge in [0.1, 0.15) is 5.82 Å². The fraction of sp³-hybridized carbons (Fsp3) is 0.450. The molecular weight excluding hydrogens is 383 g/mol. The third-order valence-corrected chi connectivity index (χ3v) is 5.80. The minimum Gasteiger partial charge on any atom is -0.356 e. The summed E-state index contributed by atoms with van der Waals surface area (Å²) >= 11 is 0. The lowest BCUT2D eigenvalue weighted by atomic mass is 9.77. The Morgan fingerprint density at radius 1 is 1.14 bits per heavy atom. The molecular formula is C20H22F3N5O. The normalized spacial score (nSPS) is 18.8. The SMILES string of the molecule is Cc1cnc(Nc2ccc(C(F)(F)F)cc2)nc1N1CCC2(CCNC2=O)CC1. The van der Waals surface area contributed by atoms with E-state index in [1.165, 1.54) is 12.1 Å². The van der Waals surface area contributed by atoms with Gasteiger partial charge in [-0.1, -0.05) is 0 Å². The number of amides is 1. The van der Waals surface area contributed by atoms with Crippen LogP contribution in [-0.2, 0) is 11.0 Å². The maximum Gasteiger partial charge on any atom is 0.416 e. The van der Waals surface area contributed by atoms with E-state index in [4.69, 9.17) is 0 Å². The molecule has 0 radical (unpaired) electrons. The van der Waals surface area contributed by atoms with Crippen LogP contribution in [0.2, 0.25) is 0 Å². The Hall–Kier alpha value is -2.84. The maximum absolute atomic E-state index is 12.7. The summed E-state index contributed by atoms with van der Waals surface area (Å²) in [5.41, 5.74) is 0.438. The predicted octanol–water partition coefficient (Wildman–Crippen LogP) is 3.65. The molecule has 0 saturated carbocycles. The van der Waals surface area contributed by atoms with Crippen LogP contribution in [0.4, 0.5) is 30.6 Å². The summed E-state index contributed by atoms with van der Waals surface area (Å²) in [7, 11) is 0. The van der Waals surface area contributed by atoms with Crippen LogP contribution >= 0.6 is 0 Å². The van der Waals surface area contributed by atoms with Crippen LogP contribution in [0.25, 0.3) is 0 Å². The first kappa shape index (κ1) is 19.5. The second-order valence-corrected chi connectivity index (χ2v) is 7.67. The molecule has 0 atom stereocenters. The zero-order valence-corrected chi connectivity index (χ0v) is 16.0. The van der Waals surface area contributed by atoms with Gasteiger partial charge in [-0.2, -0.15) is 18.2 Å². The monoisotopic (exact) mass is 405 g/mol. The molecule has 2 aromatic rings. The highest BCUT2D eigenvalue weighted by Gasteiger charge is 2.44. The Balaban J connectivity index is 1.48. The predicted molar refractivity (Wildman–Crippen MR) is 103 cm³/mol. The Labute approximate surface area is 166 Å². The highest BCUT2D eigenvalue weighted by atomic mass is 19.4. The van der Waals surface area contributed by atoms with Crippen molar-refractivity contribution in [3.63, 3.8) is 0 Å². The molecule has 6 nitrogen and oxygen atoms in total. The van der Waals surface area contributed by atoms with Crippen molar-refractivity contribution in [2.45, 2.75) is 32.4 Å². The number of aromatic nitrogens is 2. The van der Waals surface area contributed by atoms with Crippen molar-refractivity contribution < 1.29 is 18.0 Å². The summed E-state index contributed by atoms with van der Waals surface area (Å²) < 4.78 is 38.1. The molecule has 1 aromatic heterocycles. The maximum atomic E-state index is 12.7. The average molecular weight is 405 g/mol. The molecule has 2 N–H and O–H groups in total. The van der Waals surface area contributed by atoms with E-state index in [1.54, 1.807) is 6.20 Å². The second kappa shape index (κ2) is 7.20. The third-order valence-electron chi connectivity index (χ3n) is 5.80. The second-order valence-electron chi connectivity index (χ2n) is 7.67. The molecule has 154 valence electrons. The fourth-order valence-electron chi connectivity index (χ4n) is 4.02. The minimum atomic E-state index is -4.37. The number of carbonyl (C=O) groups is 1. The smallest absolute Gasteiger partial charge is 0.356 e. The van der Waals surface area contributed by atoms with Gasteiger partial charge in [-0.25, -0.2) is 4.98 Å². The molecule has 2 aliphatic rings. The van der Waals surface area contributed by atoms with Crippen LogP contribution in [0, 0.1) is 12.3 Å². The first-order valence-electron chi connectivity index (χ1n) is 9.58. The lowest BCUT2D eigenvalue weighted by Crippen LogP contribution is -2.44. The van der Waals surface area contributed by atoms with Crippen molar-refractivity contribution in [1.29, 1.82) is 0 Å². The van der Waals surface area contributed by atoms with E-state index in [2.05, 4.69) is 25.5 Å². The summed E-state index contributed by atoms with van der Waals surface area (Å²) in [5, 5.41) is 5.90. The van der Waals surface area contributed by atoms with Gasteiger partial charge in [0.15, 0.2) is 0 Å². The first-order valence-corrected chi connectivity index (χ1v) is 9.58. The highest BCUT2D eigenvalue weighted by Crippen LogP contribution is 2.39. The molecule has 2 aliphatic heterocycles. The Morgan fingerprint density at radius 2 is 1.83 bits per heavy atom. The number of benzene rings is 1. The molecule has 0 aliphatic carbocycles. The van der Waals surface area contributed by atoms with Crippen molar-refractivity contribution in [1.82, 2.24) is 15.3 Å². The van der Waals surface area contributed by atoms with Gasteiger partial charge in [0.05, 0.1) is 11.0 Å². The van der Waals surface area contributed by atoms with E-state index in [0.717, 1.165) is 62.4 Å². The number of nitrogens with one attached hydrogen (secondary N) is 2. The highest BCUT2D eigenvalue weighted by molar-refractivity contribution is 5.85. The van der Waals surface area contributed by atoms with Gasteiger partial charge < -0.3 is 15.5 Å². The molecule has 4 rings (SSSR count). The molecule has 0 bridgehead atoms. The molecule has 3 heterocycles. The number of rotatable bonds is 3. The zero-order chi connectivity index (χ0) is 20.6. The van der Waals surface area contributed by atoms with E-state index in [-0.39, 0.29) is 11.3 Å². The van der Waals surface area contributed by atoms with Crippen molar-refractivity contribution >= 4 is 23.4 Å². The van der Waals surface area contributed by atoms with Crippen LogP contribution < -0.4 is 15.5 Å². The van der Waals surface area contributed by atoms with Crippen LogP contribution in [-0.4, -0.2) is 35.5 Å². The fourth-order valence-corrected chi connectivity index (χ4v) is 4.02. The van der Waals surface area contributed by atoms with E-state index >= 15 is 0 Å². The number of piperidine rings is 1. The molecule has 0 unspecified atom stereocenters. The van der Waals surface area contributed by atoms with Crippen LogP contribution in [0.15, 0.2) is 30.5 Å². The van der Waals surface area contributed by atoms with E-state index in [9.17, 15) is 18.0 Å². The molecule has 2 saturated heterocycles. The van der Waals surface area contributed by atoms with Gasteiger partial charge in [-0.05, 0) is 50.5 Å². The molecule has 1 spiro atoms. The summed E-state index contributed by atoms with van der Waals surface area (Å²) in [6.45, 7) is 4.12. The zero-order valence-electron chi connectivity index (χ0n) is 16.0. The Bertz CT molecular complexity index is 905. The van der Waals surface area contributed by atoms with Gasteiger partial charge >= 0.3 is 6.18 Å². The number of hydrogen-bond donors (Lipinski definition) is 2. The molecule has 1 amide bonds. The van der Waals surface area contributed by atoms with E-state index in [1.807, 2.05) is 6.92 Å². The number of alkyl halides is 3. The molecule has 1 aromatic carbocycles. The summed E-state index contributed by atoms with van der Waals surface area (Å²) in [4.78, 5) is 23.1. The quantitative estimate of drug-likeness (QED) is 0.816. The topological polar surface area (TPSA) is 70.2 Å². The van der Waals surface area contributed by atoms with Crippen molar-refractivity contribution in [2.75, 3.05) is 29.9 Å². The summed E-state index contributed by atoms with van der Waals surface area (Å²) in [6, 6.07) is 4.76. The number of aryl methyl sites for hydroxylation is 1. The number of nitrogens with zero attached hydrogens (tertiary/aromatic N) is 3. The number of carbonyl (C=O) groups excluding carboxylic acids is 1. The molecule has 29 heavy (non-hydrogen) atoms. The van der Waals surface area contributed by atoms with Crippen LogP contribution in [0.1, 0.15) is 30.4 Å². The van der Waals surface area contributed by atoms with Crippen LogP contribution in [0.3, 0.4) is 0 Å². The third kappa shape index (κ3) is 3.86. The van der Waals surface area contributed by atoms with Gasteiger partial charge in [-0.15, -0.1) is 0 Å². The van der Waals surface area contributed by atoms with Gasteiger partial charge in [0.2, 0.25) is 11.9 Å². The lowest BCUT2D eigenvalue weighted by molar-refractivity contribution is -0.137. The standard InChI is InChI=1S/C20H22F3N5O/c1-13-12-25-18(26-15-4-2-14(3-5-15)20(21,22)23)27-16(13)28-10-7-19(8-11-28)6-9-24-17(19)29/h2-5,12H,6-11H2,1H3,(H,24,29)(H,25,26,27). The average Bonchev–Trinajstić information content (AvgIpc) is 3.04. The summed E-state index contributed by atoms with van der Waals surface area (Å²) in [5.74, 6) is 1.26. The van der Waals surface area contributed by atoms with Gasteiger partial charge in [0.25, 0.3) is 0 Å². The van der Waals surface area contributed by atoms with Gasteiger partial charge in [0, 0.05) is 37.1 Å². The Morgan fingerprint density at radius 3 is 2.41 bits per heavy atom. The summed E-state index contributed by atoms with van der Waals surface area (Å²) in [6.07, 6.45) is -0.230. The first-order chi connectivity index (χ1) is 13.8. The number of halogens is 3. The Kier molecular flexibility index (Phi) is 4.84. The largest absolute Gasteiger partial charge is 0.416 e. The van der Waals surface area contributed by atoms with Crippen molar-refractivity contribution in [2.24, 2.45) is 5.41 Å². The van der Waals surface area contributed by atoms with Gasteiger partial charge in [-0.3, -0.25) is 4.79 Å². The van der Waals surface area contributed by atoms with Crippen LogP contribution in [0.5, 0.6) is 0 Å². The lowest BCUT2D eigenvalue weighted by Gasteiger charge is -2.38. The number of hydrogen-bond acceptors (Lipinski definition) is 5. The van der Waals surface area contributed by atoms with E-state index < -0.39 is 11.7 Å². The molecule has 9 heteroatoms. The van der Waals surface area contributed by atoms with Crippen molar-refractivity contribution in [3.05, 3.63) is 41.6 Å². The van der Waals surface area contributed by atoms with E-state index in [0.29, 0.717) is 11.6 Å². The minimum absolute atomic E-state index is 0.154. The van der Waals surface area contributed by atoms with Crippen molar-refractivity contribution in [3.8, 4) is 0 Å². The molecule has 2 fully saturated rings.